The monoisotopic (exact) mass is 548 g/mol. The van der Waals surface area contributed by atoms with Crippen molar-refractivity contribution in [2.24, 2.45) is 0 Å². The second-order valence-electron chi connectivity index (χ2n) is 9.75. The third kappa shape index (κ3) is 7.82. The number of aryl methyl sites for hydroxylation is 1. The van der Waals surface area contributed by atoms with Gasteiger partial charge in [0.15, 0.2) is 0 Å². The molecule has 0 unspecified atom stereocenters. The van der Waals surface area contributed by atoms with Crippen molar-refractivity contribution in [1.29, 1.82) is 0 Å². The minimum absolute atomic E-state index is 0.185. The fourth-order valence-electron chi connectivity index (χ4n) is 4.35. The Morgan fingerprint density at radius 2 is 1.13 bits per heavy atom. The molecule has 4 heteroatoms. The van der Waals surface area contributed by atoms with Gasteiger partial charge in [0.2, 0.25) is 0 Å². The van der Waals surface area contributed by atoms with Crippen LogP contribution in [0, 0.1) is 6.92 Å². The van der Waals surface area contributed by atoms with Gasteiger partial charge in [0.05, 0.1) is 0 Å². The fraction of sp³-hybridized carbons (Fsp3) is 0.333. The standard InChI is InChI=1S/C17H24P.C10H9.2ClH.Zr/c1-16(2,3)18(17(4,5)6)15-11-13-9-7-8-10-14(13)12-15;1-8-6-9-4-2-3-5-10(9)7-8;;;/h7-12H,1-6H3;2-7H,1H3;2*1H;/q2*-1;;;+4/p-2. The van der Waals surface area contributed by atoms with Crippen LogP contribution in [0.25, 0.3) is 21.5 Å². The van der Waals surface area contributed by atoms with E-state index >= 15 is 0 Å². The summed E-state index contributed by atoms with van der Waals surface area (Å²) in [6.07, 6.45) is 0. The van der Waals surface area contributed by atoms with Gasteiger partial charge in [-0.2, -0.15) is 12.1 Å². The van der Waals surface area contributed by atoms with Crippen molar-refractivity contribution in [3.05, 3.63) is 78.4 Å². The first kappa shape index (κ1) is 26.8. The number of benzene rings is 2. The van der Waals surface area contributed by atoms with Gasteiger partial charge in [-0.05, 0) is 10.3 Å². The van der Waals surface area contributed by atoms with Crippen molar-refractivity contribution in [3.63, 3.8) is 0 Å². The zero-order chi connectivity index (χ0) is 23.2. The first-order valence-corrected chi connectivity index (χ1v) is 18.2. The van der Waals surface area contributed by atoms with Gasteiger partial charge in [-0.3, -0.25) is 0 Å². The summed E-state index contributed by atoms with van der Waals surface area (Å²) in [6, 6.07) is 26.3. The van der Waals surface area contributed by atoms with Crippen molar-refractivity contribution in [1.82, 2.24) is 0 Å². The molecule has 0 amide bonds. The van der Waals surface area contributed by atoms with E-state index in [4.69, 9.17) is 17.0 Å². The summed E-state index contributed by atoms with van der Waals surface area (Å²) in [5.41, 5.74) is 1.35. The van der Waals surface area contributed by atoms with Crippen molar-refractivity contribution >= 4 is 51.8 Å². The third-order valence-electron chi connectivity index (χ3n) is 4.96. The van der Waals surface area contributed by atoms with Crippen LogP contribution in [0.3, 0.4) is 0 Å². The second-order valence-corrected chi connectivity index (χ2v) is 17.4. The number of rotatable bonds is 1. The second kappa shape index (κ2) is 11.6. The Bertz CT molecular complexity index is 1000. The van der Waals surface area contributed by atoms with Gasteiger partial charge in [-0.15, -0.1) is 80.9 Å². The zero-order valence-corrected chi connectivity index (χ0v) is 24.5. The van der Waals surface area contributed by atoms with Crippen LogP contribution in [0.4, 0.5) is 0 Å². The molecule has 0 nitrogen and oxygen atoms in total. The average Bonchev–Trinajstić information content (AvgIpc) is 3.22. The summed E-state index contributed by atoms with van der Waals surface area (Å²) >= 11 is -0.826. The Hall–Kier alpha value is -0.447. The van der Waals surface area contributed by atoms with Crippen LogP contribution < -0.4 is 5.30 Å². The molecule has 0 fully saturated rings. The molecule has 0 bridgehead atoms. The molecule has 0 saturated heterocycles. The summed E-state index contributed by atoms with van der Waals surface area (Å²) in [5.74, 6) is 0. The summed E-state index contributed by atoms with van der Waals surface area (Å²) in [4.78, 5) is 0. The third-order valence-corrected chi connectivity index (χ3v) is 8.42. The summed E-state index contributed by atoms with van der Waals surface area (Å²) in [7, 11) is 9.68. The maximum absolute atomic E-state index is 4.93. The Kier molecular flexibility index (Phi) is 10.0. The first-order valence-electron chi connectivity index (χ1n) is 10.5. The van der Waals surface area contributed by atoms with Crippen LogP contribution in [0.1, 0.15) is 47.1 Å². The fourth-order valence-corrected chi connectivity index (χ4v) is 8.45. The van der Waals surface area contributed by atoms with Gasteiger partial charge in [-0.1, -0.05) is 68.5 Å². The van der Waals surface area contributed by atoms with E-state index in [1.54, 1.807) is 5.30 Å². The summed E-state index contributed by atoms with van der Waals surface area (Å²) in [5, 5.41) is 7.70. The Morgan fingerprint density at radius 1 is 0.710 bits per heavy atom. The molecule has 4 aromatic carbocycles. The molecule has 0 radical (unpaired) electrons. The summed E-state index contributed by atoms with van der Waals surface area (Å²) < 4.78 is 0. The van der Waals surface area contributed by atoms with Crippen LogP contribution in [-0.2, 0) is 20.8 Å². The van der Waals surface area contributed by atoms with Crippen LogP contribution in [-0.4, -0.2) is 10.3 Å². The molecule has 31 heavy (non-hydrogen) atoms. The van der Waals surface area contributed by atoms with E-state index in [9.17, 15) is 0 Å². The van der Waals surface area contributed by atoms with E-state index in [2.05, 4.69) is 121 Å². The Balaban J connectivity index is 0.000000219. The van der Waals surface area contributed by atoms with Gasteiger partial charge >= 0.3 is 37.9 Å². The van der Waals surface area contributed by atoms with Crippen molar-refractivity contribution in [3.8, 4) is 0 Å². The molecule has 0 aliphatic carbocycles. The van der Waals surface area contributed by atoms with E-state index in [0.29, 0.717) is 10.3 Å². The van der Waals surface area contributed by atoms with E-state index < -0.39 is 20.8 Å². The van der Waals surface area contributed by atoms with Crippen LogP contribution in [0.5, 0.6) is 0 Å². The molecule has 0 aliphatic heterocycles. The topological polar surface area (TPSA) is 0 Å². The number of hydrogen-bond acceptors (Lipinski definition) is 0. The van der Waals surface area contributed by atoms with Gasteiger partial charge in [0.1, 0.15) is 0 Å². The molecule has 4 aromatic rings. The molecule has 0 spiro atoms. The van der Waals surface area contributed by atoms with Gasteiger partial charge < -0.3 is 0 Å². The molecule has 4 rings (SSSR count). The Morgan fingerprint density at radius 3 is 1.55 bits per heavy atom. The normalized spacial score (nSPS) is 11.5. The maximum atomic E-state index is 4.93. The molecule has 0 N–H and O–H groups in total. The molecule has 0 aliphatic rings. The summed E-state index contributed by atoms with van der Waals surface area (Å²) in [6.45, 7) is 16.4. The van der Waals surface area contributed by atoms with Crippen molar-refractivity contribution in [2.45, 2.75) is 58.8 Å². The predicted molar refractivity (Wildman–Crippen MR) is 142 cm³/mol. The number of fused-ring (bicyclic) bond motifs is 2. The molecule has 0 heterocycles. The molecule has 0 aromatic heterocycles. The number of halogens is 2. The van der Waals surface area contributed by atoms with E-state index in [0.717, 1.165) is 0 Å². The van der Waals surface area contributed by atoms with Gasteiger partial charge in [-0.25, -0.2) is 0 Å². The van der Waals surface area contributed by atoms with Crippen LogP contribution in [0.15, 0.2) is 72.8 Å². The van der Waals surface area contributed by atoms with Crippen molar-refractivity contribution < 1.29 is 20.8 Å². The van der Waals surface area contributed by atoms with Gasteiger partial charge in [0.25, 0.3) is 0 Å². The van der Waals surface area contributed by atoms with E-state index in [-0.39, 0.29) is 7.92 Å². The predicted octanol–water partition coefficient (Wildman–Crippen LogP) is 9.51. The van der Waals surface area contributed by atoms with Crippen molar-refractivity contribution in [2.75, 3.05) is 0 Å². The SMILES string of the molecule is CC(C)(C)P(c1cc2ccccc2[cH-]1)C(C)(C)C.Cc1cc2ccccc2[cH-]1.[Cl][Zr+2][Cl]. The molecular weight excluding hydrogens is 517 g/mol. The van der Waals surface area contributed by atoms with Gasteiger partial charge in [0, 0.05) is 0 Å². The minimum atomic E-state index is -0.826. The quantitative estimate of drug-likeness (QED) is 0.164. The molecular formula is C27H33Cl2PZr. The van der Waals surface area contributed by atoms with Crippen LogP contribution >= 0.6 is 24.9 Å². The zero-order valence-electron chi connectivity index (χ0n) is 19.6. The van der Waals surface area contributed by atoms with E-state index in [1.807, 2.05) is 0 Å². The van der Waals surface area contributed by atoms with Crippen LogP contribution in [0.2, 0.25) is 0 Å². The average molecular weight is 551 g/mol. The number of hydrogen-bond donors (Lipinski definition) is 0. The molecule has 0 saturated carbocycles. The Labute approximate surface area is 208 Å². The first-order chi connectivity index (χ1) is 14.5. The van der Waals surface area contributed by atoms with E-state index in [1.165, 1.54) is 27.1 Å². The molecule has 164 valence electrons. The molecule has 0 atom stereocenters.